The van der Waals surface area contributed by atoms with Crippen molar-refractivity contribution in [2.24, 2.45) is 5.92 Å². The van der Waals surface area contributed by atoms with E-state index in [4.69, 9.17) is 4.74 Å². The maximum absolute atomic E-state index is 5.47. The number of benzene rings is 1. The Bertz CT molecular complexity index is 425. The second-order valence-corrected chi connectivity index (χ2v) is 6.29. The first-order valence-electron chi connectivity index (χ1n) is 7.67. The first kappa shape index (κ1) is 13.0. The summed E-state index contributed by atoms with van der Waals surface area (Å²) in [6, 6.07) is 9.96. The molecule has 2 heteroatoms. The van der Waals surface area contributed by atoms with Crippen molar-refractivity contribution in [1.29, 1.82) is 0 Å². The second-order valence-electron chi connectivity index (χ2n) is 6.29. The van der Waals surface area contributed by atoms with Crippen LogP contribution in [-0.2, 0) is 0 Å². The zero-order valence-corrected chi connectivity index (χ0v) is 12.1. The van der Waals surface area contributed by atoms with Crippen LogP contribution >= 0.6 is 0 Å². The summed E-state index contributed by atoms with van der Waals surface area (Å²) in [7, 11) is 1.77. The topological polar surface area (TPSA) is 21.3 Å². The first-order chi connectivity index (χ1) is 9.28. The van der Waals surface area contributed by atoms with Crippen LogP contribution in [-0.4, -0.2) is 19.2 Å². The molecule has 0 aromatic heterocycles. The van der Waals surface area contributed by atoms with Gasteiger partial charge in [0.05, 0.1) is 7.11 Å². The van der Waals surface area contributed by atoms with Gasteiger partial charge in [-0.25, -0.2) is 0 Å². The molecule has 0 spiro atoms. The molecule has 0 bridgehead atoms. The maximum Gasteiger partial charge on any atom is 0.122 e. The third-order valence-electron chi connectivity index (χ3n) is 5.03. The van der Waals surface area contributed by atoms with Crippen LogP contribution in [0.3, 0.4) is 0 Å². The summed E-state index contributed by atoms with van der Waals surface area (Å²) in [4.78, 5) is 0. The number of para-hydroxylation sites is 1. The lowest BCUT2D eigenvalue weighted by Crippen LogP contribution is -2.46. The van der Waals surface area contributed by atoms with Gasteiger partial charge in [-0.05, 0) is 49.1 Å². The van der Waals surface area contributed by atoms with Gasteiger partial charge in [0, 0.05) is 12.1 Å². The number of hydrogen-bond donors (Lipinski definition) is 1. The van der Waals surface area contributed by atoms with Crippen LogP contribution in [0.15, 0.2) is 24.3 Å². The van der Waals surface area contributed by atoms with Gasteiger partial charge in [0.15, 0.2) is 0 Å². The predicted octanol–water partition coefficient (Wildman–Crippen LogP) is 3.72. The lowest BCUT2D eigenvalue weighted by Gasteiger charge is -2.39. The summed E-state index contributed by atoms with van der Waals surface area (Å²) in [5.41, 5.74) is 1.39. The smallest absolute Gasteiger partial charge is 0.122 e. The average Bonchev–Trinajstić information content (AvgIpc) is 2.79. The molecule has 1 aromatic carbocycles. The molecule has 2 atom stereocenters. The van der Waals surface area contributed by atoms with Gasteiger partial charge in [0.1, 0.15) is 5.75 Å². The van der Waals surface area contributed by atoms with Gasteiger partial charge in [0.25, 0.3) is 0 Å². The van der Waals surface area contributed by atoms with Crippen molar-refractivity contribution < 1.29 is 4.74 Å². The van der Waals surface area contributed by atoms with E-state index in [9.17, 15) is 0 Å². The zero-order chi connectivity index (χ0) is 13.2. The van der Waals surface area contributed by atoms with Gasteiger partial charge in [-0.15, -0.1) is 0 Å². The summed E-state index contributed by atoms with van der Waals surface area (Å²) in [6.45, 7) is 2.39. The van der Waals surface area contributed by atoms with Gasteiger partial charge < -0.3 is 10.1 Å². The van der Waals surface area contributed by atoms with Crippen molar-refractivity contribution in [3.63, 3.8) is 0 Å². The Labute approximate surface area is 116 Å². The SMILES string of the molecule is COc1ccccc1C1CC(NC2CCCC2C)C1. The van der Waals surface area contributed by atoms with Crippen LogP contribution in [0.5, 0.6) is 5.75 Å². The Morgan fingerprint density at radius 2 is 1.95 bits per heavy atom. The quantitative estimate of drug-likeness (QED) is 0.890. The minimum Gasteiger partial charge on any atom is -0.496 e. The van der Waals surface area contributed by atoms with Crippen molar-refractivity contribution in [3.8, 4) is 5.75 Å². The molecule has 0 heterocycles. The third-order valence-corrected chi connectivity index (χ3v) is 5.03. The van der Waals surface area contributed by atoms with Crippen LogP contribution in [0.2, 0.25) is 0 Å². The molecule has 2 aliphatic rings. The van der Waals surface area contributed by atoms with Gasteiger partial charge in [0.2, 0.25) is 0 Å². The molecule has 1 N–H and O–H groups in total. The van der Waals surface area contributed by atoms with E-state index in [1.165, 1.54) is 37.7 Å². The molecule has 19 heavy (non-hydrogen) atoms. The Morgan fingerprint density at radius 3 is 2.63 bits per heavy atom. The molecule has 2 fully saturated rings. The van der Waals surface area contributed by atoms with Crippen LogP contribution in [0.1, 0.15) is 50.5 Å². The number of rotatable bonds is 4. The number of ether oxygens (including phenoxy) is 1. The van der Waals surface area contributed by atoms with Gasteiger partial charge in [-0.3, -0.25) is 0 Å². The molecular formula is C17H25NO. The van der Waals surface area contributed by atoms with Crippen LogP contribution in [0.25, 0.3) is 0 Å². The van der Waals surface area contributed by atoms with Gasteiger partial charge >= 0.3 is 0 Å². The Kier molecular flexibility index (Phi) is 3.79. The van der Waals surface area contributed by atoms with E-state index in [0.717, 1.165) is 23.8 Å². The highest BCUT2D eigenvalue weighted by Gasteiger charge is 2.35. The normalized spacial score (nSPS) is 34.0. The second kappa shape index (κ2) is 5.54. The highest BCUT2D eigenvalue weighted by atomic mass is 16.5. The molecule has 0 amide bonds. The average molecular weight is 259 g/mol. The monoisotopic (exact) mass is 259 g/mol. The summed E-state index contributed by atoms with van der Waals surface area (Å²) < 4.78 is 5.47. The van der Waals surface area contributed by atoms with Crippen molar-refractivity contribution in [1.82, 2.24) is 5.32 Å². The summed E-state index contributed by atoms with van der Waals surface area (Å²) in [5.74, 6) is 2.61. The molecule has 1 aromatic rings. The highest BCUT2D eigenvalue weighted by molar-refractivity contribution is 5.37. The fourth-order valence-electron chi connectivity index (χ4n) is 3.71. The van der Waals surface area contributed by atoms with E-state index in [1.54, 1.807) is 7.11 Å². The summed E-state index contributed by atoms with van der Waals surface area (Å²) >= 11 is 0. The molecule has 2 nitrogen and oxygen atoms in total. The Morgan fingerprint density at radius 1 is 1.16 bits per heavy atom. The minimum atomic E-state index is 0.686. The molecule has 0 aliphatic heterocycles. The number of hydrogen-bond acceptors (Lipinski definition) is 2. The lowest BCUT2D eigenvalue weighted by atomic mass is 9.75. The van der Waals surface area contributed by atoms with Crippen LogP contribution < -0.4 is 10.1 Å². The first-order valence-corrected chi connectivity index (χ1v) is 7.67. The van der Waals surface area contributed by atoms with E-state index >= 15 is 0 Å². The molecular weight excluding hydrogens is 234 g/mol. The minimum absolute atomic E-state index is 0.686. The van der Waals surface area contributed by atoms with Crippen LogP contribution in [0.4, 0.5) is 0 Å². The van der Waals surface area contributed by atoms with E-state index < -0.39 is 0 Å². The lowest BCUT2D eigenvalue weighted by molar-refractivity contribution is 0.243. The predicted molar refractivity (Wildman–Crippen MR) is 78.7 cm³/mol. The van der Waals surface area contributed by atoms with Crippen molar-refractivity contribution >= 4 is 0 Å². The van der Waals surface area contributed by atoms with E-state index in [-0.39, 0.29) is 0 Å². The molecule has 2 saturated carbocycles. The van der Waals surface area contributed by atoms with E-state index in [2.05, 4.69) is 36.5 Å². The molecule has 2 aliphatic carbocycles. The third kappa shape index (κ3) is 2.64. The molecule has 104 valence electrons. The summed E-state index contributed by atoms with van der Waals surface area (Å²) in [6.07, 6.45) is 6.71. The standard InChI is InChI=1S/C17H25NO/c1-12-6-5-8-16(12)18-14-10-13(11-14)15-7-3-4-9-17(15)19-2/h3-4,7,9,12-14,16,18H,5-6,8,10-11H2,1-2H3. The van der Waals surface area contributed by atoms with Crippen molar-refractivity contribution in [3.05, 3.63) is 29.8 Å². The van der Waals surface area contributed by atoms with E-state index in [1.807, 2.05) is 0 Å². The number of nitrogens with one attached hydrogen (secondary N) is 1. The zero-order valence-electron chi connectivity index (χ0n) is 12.1. The van der Waals surface area contributed by atoms with Gasteiger partial charge in [-0.2, -0.15) is 0 Å². The van der Waals surface area contributed by atoms with Crippen molar-refractivity contribution in [2.45, 2.75) is 57.0 Å². The molecule has 0 radical (unpaired) electrons. The highest BCUT2D eigenvalue weighted by Crippen LogP contribution is 2.41. The Hall–Kier alpha value is -1.02. The largest absolute Gasteiger partial charge is 0.496 e. The Balaban J connectivity index is 1.55. The number of methoxy groups -OCH3 is 1. The molecule has 3 rings (SSSR count). The van der Waals surface area contributed by atoms with E-state index in [0.29, 0.717) is 5.92 Å². The van der Waals surface area contributed by atoms with Crippen LogP contribution in [0, 0.1) is 5.92 Å². The summed E-state index contributed by atoms with van der Waals surface area (Å²) in [5, 5.41) is 3.86. The fraction of sp³-hybridized carbons (Fsp3) is 0.647. The van der Waals surface area contributed by atoms with Gasteiger partial charge in [-0.1, -0.05) is 31.5 Å². The van der Waals surface area contributed by atoms with Crippen molar-refractivity contribution in [2.75, 3.05) is 7.11 Å². The molecule has 0 saturated heterocycles. The molecule has 2 unspecified atom stereocenters. The fourth-order valence-corrected chi connectivity index (χ4v) is 3.71. The maximum atomic E-state index is 5.47.